The lowest BCUT2D eigenvalue weighted by Crippen LogP contribution is -2.40. The first kappa shape index (κ1) is 16.5. The van der Waals surface area contributed by atoms with E-state index < -0.39 is 5.97 Å². The van der Waals surface area contributed by atoms with Gasteiger partial charge in [0.25, 0.3) is 5.91 Å². The average Bonchev–Trinajstić information content (AvgIpc) is 2.71. The molecule has 0 bridgehead atoms. The van der Waals surface area contributed by atoms with E-state index in [1.54, 1.807) is 6.07 Å². The standard InChI is InChI=1S/C17H24N2O3/c1-12(2)10-14-6-4-3-5-9-19(14)16(20)13-7-8-15(17(21)22)18-11-13/h7-8,11-12,14H,3-6,9-10H2,1-2H3,(H,21,22). The van der Waals surface area contributed by atoms with E-state index in [-0.39, 0.29) is 17.6 Å². The SMILES string of the molecule is CC(C)CC1CCCCCN1C(=O)c1ccc(C(=O)O)nc1. The molecule has 2 rings (SSSR count). The number of carbonyl (C=O) groups excluding carboxylic acids is 1. The fourth-order valence-electron chi connectivity index (χ4n) is 3.05. The zero-order valence-corrected chi connectivity index (χ0v) is 13.3. The number of carboxylic acids is 1. The maximum atomic E-state index is 12.8. The maximum Gasteiger partial charge on any atom is 0.354 e. The number of nitrogens with zero attached hydrogens (tertiary/aromatic N) is 2. The molecule has 1 aliphatic rings. The second-order valence-electron chi connectivity index (χ2n) is 6.37. The molecule has 1 aromatic heterocycles. The molecular weight excluding hydrogens is 280 g/mol. The Morgan fingerprint density at radius 3 is 2.68 bits per heavy atom. The van der Waals surface area contributed by atoms with E-state index in [0.29, 0.717) is 11.5 Å². The quantitative estimate of drug-likeness (QED) is 0.927. The smallest absolute Gasteiger partial charge is 0.354 e. The molecule has 0 aromatic carbocycles. The van der Waals surface area contributed by atoms with Gasteiger partial charge in [-0.05, 0) is 37.3 Å². The van der Waals surface area contributed by atoms with Crippen LogP contribution in [0.1, 0.15) is 66.8 Å². The minimum Gasteiger partial charge on any atom is -0.477 e. The van der Waals surface area contributed by atoms with Crippen LogP contribution in [0.4, 0.5) is 0 Å². The van der Waals surface area contributed by atoms with Crippen LogP contribution >= 0.6 is 0 Å². The first-order chi connectivity index (χ1) is 10.5. The molecule has 1 N–H and O–H groups in total. The highest BCUT2D eigenvalue weighted by Gasteiger charge is 2.27. The molecule has 2 heterocycles. The number of pyridine rings is 1. The number of aromatic nitrogens is 1. The summed E-state index contributed by atoms with van der Waals surface area (Å²) in [6.45, 7) is 5.13. The normalized spacial score (nSPS) is 19.0. The van der Waals surface area contributed by atoms with Crippen molar-refractivity contribution in [2.75, 3.05) is 6.54 Å². The van der Waals surface area contributed by atoms with Crippen LogP contribution in [0, 0.1) is 5.92 Å². The average molecular weight is 304 g/mol. The summed E-state index contributed by atoms with van der Waals surface area (Å²) in [7, 11) is 0. The Hall–Kier alpha value is -1.91. The minimum atomic E-state index is -1.08. The van der Waals surface area contributed by atoms with Crippen molar-refractivity contribution >= 4 is 11.9 Å². The van der Waals surface area contributed by atoms with Gasteiger partial charge in [-0.3, -0.25) is 4.79 Å². The van der Waals surface area contributed by atoms with Gasteiger partial charge in [0.1, 0.15) is 5.69 Å². The first-order valence-corrected chi connectivity index (χ1v) is 7.99. The van der Waals surface area contributed by atoms with E-state index >= 15 is 0 Å². The van der Waals surface area contributed by atoms with Gasteiger partial charge in [-0.1, -0.05) is 26.7 Å². The van der Waals surface area contributed by atoms with Crippen LogP contribution < -0.4 is 0 Å². The van der Waals surface area contributed by atoms with Gasteiger partial charge in [0, 0.05) is 18.8 Å². The monoisotopic (exact) mass is 304 g/mol. The van der Waals surface area contributed by atoms with E-state index in [2.05, 4.69) is 18.8 Å². The topological polar surface area (TPSA) is 70.5 Å². The maximum absolute atomic E-state index is 12.8. The van der Waals surface area contributed by atoms with Crippen LogP contribution in [0.5, 0.6) is 0 Å². The van der Waals surface area contributed by atoms with Crippen molar-refractivity contribution in [2.24, 2.45) is 5.92 Å². The molecule has 120 valence electrons. The summed E-state index contributed by atoms with van der Waals surface area (Å²) >= 11 is 0. The third-order valence-corrected chi connectivity index (χ3v) is 4.11. The summed E-state index contributed by atoms with van der Waals surface area (Å²) in [5, 5.41) is 8.88. The van der Waals surface area contributed by atoms with Gasteiger partial charge in [0.2, 0.25) is 0 Å². The van der Waals surface area contributed by atoms with Gasteiger partial charge >= 0.3 is 5.97 Å². The van der Waals surface area contributed by atoms with Crippen molar-refractivity contribution in [3.63, 3.8) is 0 Å². The van der Waals surface area contributed by atoms with Gasteiger partial charge in [0.05, 0.1) is 5.56 Å². The molecule has 1 aromatic rings. The minimum absolute atomic E-state index is 0.0306. The predicted molar refractivity (Wildman–Crippen MR) is 83.9 cm³/mol. The molecule has 0 spiro atoms. The zero-order valence-electron chi connectivity index (χ0n) is 13.3. The van der Waals surface area contributed by atoms with E-state index in [4.69, 9.17) is 5.11 Å². The molecule has 1 atom stereocenters. The van der Waals surface area contributed by atoms with Crippen molar-refractivity contribution in [3.8, 4) is 0 Å². The predicted octanol–water partition coefficient (Wildman–Crippen LogP) is 3.21. The molecule has 0 aliphatic carbocycles. The molecule has 1 amide bonds. The number of hydrogen-bond acceptors (Lipinski definition) is 3. The fraction of sp³-hybridized carbons (Fsp3) is 0.588. The van der Waals surface area contributed by atoms with Crippen molar-refractivity contribution in [1.29, 1.82) is 0 Å². The lowest BCUT2D eigenvalue weighted by atomic mass is 9.98. The lowest BCUT2D eigenvalue weighted by Gasteiger charge is -2.31. The van der Waals surface area contributed by atoms with Crippen molar-refractivity contribution in [2.45, 2.75) is 52.0 Å². The van der Waals surface area contributed by atoms with Crippen molar-refractivity contribution < 1.29 is 14.7 Å². The van der Waals surface area contributed by atoms with Crippen molar-refractivity contribution in [1.82, 2.24) is 9.88 Å². The van der Waals surface area contributed by atoms with Crippen LogP contribution in [0.15, 0.2) is 18.3 Å². The van der Waals surface area contributed by atoms with Crippen LogP contribution in [-0.2, 0) is 0 Å². The van der Waals surface area contributed by atoms with Gasteiger partial charge in [-0.25, -0.2) is 9.78 Å². The molecule has 1 aliphatic heterocycles. The third kappa shape index (κ3) is 4.06. The summed E-state index contributed by atoms with van der Waals surface area (Å²) in [5.74, 6) is -0.561. The molecule has 0 saturated carbocycles. The van der Waals surface area contributed by atoms with Gasteiger partial charge < -0.3 is 10.0 Å². The number of carboxylic acid groups (broad SMARTS) is 1. The largest absolute Gasteiger partial charge is 0.477 e. The summed E-state index contributed by atoms with van der Waals surface area (Å²) in [5.41, 5.74) is 0.437. The summed E-state index contributed by atoms with van der Waals surface area (Å²) in [6, 6.07) is 3.23. The van der Waals surface area contributed by atoms with E-state index in [1.807, 2.05) is 4.90 Å². The molecule has 1 fully saturated rings. The van der Waals surface area contributed by atoms with E-state index in [0.717, 1.165) is 38.6 Å². The summed E-state index contributed by atoms with van der Waals surface area (Å²) < 4.78 is 0. The van der Waals surface area contributed by atoms with Crippen LogP contribution in [-0.4, -0.2) is 39.5 Å². The van der Waals surface area contributed by atoms with E-state index in [9.17, 15) is 9.59 Å². The highest BCUT2D eigenvalue weighted by molar-refractivity contribution is 5.95. The van der Waals surface area contributed by atoms with Gasteiger partial charge in [0.15, 0.2) is 0 Å². The van der Waals surface area contributed by atoms with E-state index in [1.165, 1.54) is 12.3 Å². The number of rotatable bonds is 4. The molecule has 5 heteroatoms. The molecule has 1 saturated heterocycles. The highest BCUT2D eigenvalue weighted by atomic mass is 16.4. The lowest BCUT2D eigenvalue weighted by molar-refractivity contribution is 0.0654. The highest BCUT2D eigenvalue weighted by Crippen LogP contribution is 2.24. The summed E-state index contributed by atoms with van der Waals surface area (Å²) in [6.07, 6.45) is 6.78. The Labute approximate surface area is 131 Å². The fourth-order valence-corrected chi connectivity index (χ4v) is 3.05. The second kappa shape index (κ2) is 7.38. The third-order valence-electron chi connectivity index (χ3n) is 4.11. The first-order valence-electron chi connectivity index (χ1n) is 7.99. The number of hydrogen-bond donors (Lipinski definition) is 1. The number of amides is 1. The van der Waals surface area contributed by atoms with Gasteiger partial charge in [-0.15, -0.1) is 0 Å². The Kier molecular flexibility index (Phi) is 5.52. The molecule has 22 heavy (non-hydrogen) atoms. The number of likely N-dealkylation sites (tertiary alicyclic amines) is 1. The van der Waals surface area contributed by atoms with Crippen LogP contribution in [0.2, 0.25) is 0 Å². The zero-order chi connectivity index (χ0) is 16.1. The Balaban J connectivity index is 2.18. The Bertz CT molecular complexity index is 525. The number of aromatic carboxylic acids is 1. The van der Waals surface area contributed by atoms with Crippen molar-refractivity contribution in [3.05, 3.63) is 29.6 Å². The molecule has 0 radical (unpaired) electrons. The Morgan fingerprint density at radius 2 is 2.09 bits per heavy atom. The van der Waals surface area contributed by atoms with Gasteiger partial charge in [-0.2, -0.15) is 0 Å². The molecular formula is C17H24N2O3. The molecule has 1 unspecified atom stereocenters. The van der Waals surface area contributed by atoms with Crippen LogP contribution in [0.3, 0.4) is 0 Å². The number of carbonyl (C=O) groups is 2. The Morgan fingerprint density at radius 1 is 1.32 bits per heavy atom. The molecule has 5 nitrogen and oxygen atoms in total. The second-order valence-corrected chi connectivity index (χ2v) is 6.37. The summed E-state index contributed by atoms with van der Waals surface area (Å²) in [4.78, 5) is 29.4. The van der Waals surface area contributed by atoms with Crippen LogP contribution in [0.25, 0.3) is 0 Å².